The Morgan fingerprint density at radius 2 is 1.78 bits per heavy atom. The average Bonchev–Trinajstić information content (AvgIpc) is 2.49. The summed E-state index contributed by atoms with van der Waals surface area (Å²) in [6, 6.07) is 11.7. The summed E-state index contributed by atoms with van der Waals surface area (Å²) in [6.45, 7) is 7.54. The van der Waals surface area contributed by atoms with Gasteiger partial charge in [0.2, 0.25) is 5.91 Å². The van der Waals surface area contributed by atoms with Crippen molar-refractivity contribution in [3.05, 3.63) is 58.7 Å². The molecule has 120 valence electrons. The summed E-state index contributed by atoms with van der Waals surface area (Å²) in [4.78, 5) is 12.1. The maximum atomic E-state index is 12.1. The molecule has 0 saturated carbocycles. The Kier molecular flexibility index (Phi) is 5.16. The summed E-state index contributed by atoms with van der Waals surface area (Å²) >= 11 is 0. The van der Waals surface area contributed by atoms with Gasteiger partial charge in [-0.2, -0.15) is 5.10 Å². The van der Waals surface area contributed by atoms with Crippen LogP contribution in [0.5, 0.6) is 5.75 Å². The van der Waals surface area contributed by atoms with Crippen LogP contribution in [0.4, 0.5) is 5.69 Å². The zero-order chi connectivity index (χ0) is 17.0. The minimum Gasteiger partial charge on any atom is -0.497 e. The Hall–Kier alpha value is -2.62. The predicted octanol–water partition coefficient (Wildman–Crippen LogP) is 4.01. The lowest BCUT2D eigenvalue weighted by atomic mass is 10.0. The van der Waals surface area contributed by atoms with E-state index in [0.717, 1.165) is 28.1 Å². The molecule has 0 N–H and O–H groups in total. The number of rotatable bonds is 4. The number of carbonyl (C=O) groups is 1. The van der Waals surface area contributed by atoms with Crippen LogP contribution in [0.2, 0.25) is 0 Å². The third kappa shape index (κ3) is 3.97. The first-order chi connectivity index (χ1) is 10.9. The van der Waals surface area contributed by atoms with Gasteiger partial charge in [-0.1, -0.05) is 29.8 Å². The van der Waals surface area contributed by atoms with E-state index in [1.807, 2.05) is 45.0 Å². The van der Waals surface area contributed by atoms with Crippen LogP contribution < -0.4 is 9.75 Å². The topological polar surface area (TPSA) is 41.9 Å². The normalized spacial score (nSPS) is 10.8. The fraction of sp³-hybridized carbons (Fsp3) is 0.263. The summed E-state index contributed by atoms with van der Waals surface area (Å²) in [5.74, 6) is 0.630. The van der Waals surface area contributed by atoms with Crippen molar-refractivity contribution >= 4 is 17.8 Å². The highest BCUT2D eigenvalue weighted by molar-refractivity contribution is 5.95. The van der Waals surface area contributed by atoms with Gasteiger partial charge in [0.1, 0.15) is 5.75 Å². The van der Waals surface area contributed by atoms with Crippen molar-refractivity contribution in [1.82, 2.24) is 0 Å². The van der Waals surface area contributed by atoms with E-state index in [1.165, 1.54) is 17.5 Å². The lowest BCUT2D eigenvalue weighted by Crippen LogP contribution is -2.24. The number of amides is 1. The van der Waals surface area contributed by atoms with Gasteiger partial charge in [-0.15, -0.1) is 0 Å². The molecule has 0 spiro atoms. The van der Waals surface area contributed by atoms with E-state index in [4.69, 9.17) is 4.74 Å². The monoisotopic (exact) mass is 310 g/mol. The third-order valence-electron chi connectivity index (χ3n) is 3.56. The van der Waals surface area contributed by atoms with Gasteiger partial charge >= 0.3 is 0 Å². The third-order valence-corrected chi connectivity index (χ3v) is 3.56. The summed E-state index contributed by atoms with van der Waals surface area (Å²) in [5, 5.41) is 5.84. The first-order valence-corrected chi connectivity index (χ1v) is 7.49. The molecule has 0 fully saturated rings. The lowest BCUT2D eigenvalue weighted by Gasteiger charge is -2.20. The summed E-state index contributed by atoms with van der Waals surface area (Å²) in [5.41, 5.74) is 4.94. The average molecular weight is 310 g/mol. The van der Waals surface area contributed by atoms with Gasteiger partial charge in [0.15, 0.2) is 0 Å². The molecule has 0 aliphatic carbocycles. The molecule has 0 aliphatic heterocycles. The van der Waals surface area contributed by atoms with E-state index in [1.54, 1.807) is 13.3 Å². The van der Waals surface area contributed by atoms with Crippen LogP contribution in [0.25, 0.3) is 0 Å². The van der Waals surface area contributed by atoms with Crippen molar-refractivity contribution in [2.45, 2.75) is 27.7 Å². The quantitative estimate of drug-likeness (QED) is 0.632. The summed E-state index contributed by atoms with van der Waals surface area (Å²) in [7, 11) is 1.62. The van der Waals surface area contributed by atoms with Gasteiger partial charge in [0.05, 0.1) is 19.0 Å². The van der Waals surface area contributed by atoms with Crippen molar-refractivity contribution in [3.8, 4) is 5.75 Å². The number of nitrogens with zero attached hydrogens (tertiary/aromatic N) is 2. The number of ether oxygens (including phenoxy) is 1. The van der Waals surface area contributed by atoms with Crippen molar-refractivity contribution in [3.63, 3.8) is 0 Å². The molecule has 0 saturated heterocycles. The molecule has 2 rings (SSSR count). The Morgan fingerprint density at radius 3 is 2.35 bits per heavy atom. The maximum Gasteiger partial charge on any atom is 0.244 e. The van der Waals surface area contributed by atoms with E-state index in [0.29, 0.717) is 0 Å². The first-order valence-electron chi connectivity index (χ1n) is 7.49. The molecule has 0 unspecified atom stereocenters. The molecule has 4 nitrogen and oxygen atoms in total. The minimum atomic E-state index is -0.126. The molecule has 4 heteroatoms. The van der Waals surface area contributed by atoms with Crippen molar-refractivity contribution in [1.29, 1.82) is 0 Å². The fourth-order valence-electron chi connectivity index (χ4n) is 2.65. The van der Waals surface area contributed by atoms with Gasteiger partial charge in [-0.25, -0.2) is 5.01 Å². The highest BCUT2D eigenvalue weighted by Gasteiger charge is 2.15. The smallest absolute Gasteiger partial charge is 0.244 e. The molecule has 0 radical (unpaired) electrons. The SMILES string of the molecule is COc1cccc(/C=N/N(C(C)=O)c2c(C)cc(C)cc2C)c1. The Labute approximate surface area is 137 Å². The Bertz CT molecular complexity index is 728. The van der Waals surface area contributed by atoms with Gasteiger partial charge in [0.25, 0.3) is 0 Å². The Morgan fingerprint density at radius 1 is 1.13 bits per heavy atom. The number of methoxy groups -OCH3 is 1. The molecule has 0 heterocycles. The highest BCUT2D eigenvalue weighted by atomic mass is 16.5. The molecule has 0 atom stereocenters. The fourth-order valence-corrected chi connectivity index (χ4v) is 2.65. The second-order valence-corrected chi connectivity index (χ2v) is 5.60. The number of carbonyl (C=O) groups excluding carboxylic acids is 1. The van der Waals surface area contributed by atoms with E-state index in [9.17, 15) is 4.79 Å². The number of benzene rings is 2. The van der Waals surface area contributed by atoms with Crippen LogP contribution in [0.3, 0.4) is 0 Å². The second kappa shape index (κ2) is 7.09. The van der Waals surface area contributed by atoms with Gasteiger partial charge in [-0.05, 0) is 49.6 Å². The van der Waals surface area contributed by atoms with Gasteiger partial charge in [0, 0.05) is 6.92 Å². The van der Waals surface area contributed by atoms with Crippen LogP contribution in [0, 0.1) is 20.8 Å². The summed E-state index contributed by atoms with van der Waals surface area (Å²) in [6.07, 6.45) is 1.67. The number of anilines is 1. The van der Waals surface area contributed by atoms with Crippen LogP contribution in [0.1, 0.15) is 29.2 Å². The van der Waals surface area contributed by atoms with Crippen molar-refractivity contribution in [2.75, 3.05) is 12.1 Å². The number of hydrogen-bond donors (Lipinski definition) is 0. The lowest BCUT2D eigenvalue weighted by molar-refractivity contribution is -0.116. The zero-order valence-electron chi connectivity index (χ0n) is 14.3. The van der Waals surface area contributed by atoms with Crippen LogP contribution in [-0.2, 0) is 4.79 Å². The van der Waals surface area contributed by atoms with Crippen LogP contribution in [0.15, 0.2) is 41.5 Å². The molecule has 0 bridgehead atoms. The molecule has 0 aliphatic rings. The molecule has 2 aromatic rings. The second-order valence-electron chi connectivity index (χ2n) is 5.60. The largest absolute Gasteiger partial charge is 0.497 e. The molecule has 2 aromatic carbocycles. The molecule has 1 amide bonds. The van der Waals surface area contributed by atoms with E-state index >= 15 is 0 Å². The standard InChI is InChI=1S/C19H22N2O2/c1-13-9-14(2)19(15(3)10-13)21(16(4)22)20-12-17-7-6-8-18(11-17)23-5/h6-12H,1-5H3/b20-12+. The minimum absolute atomic E-state index is 0.126. The van der Waals surface area contributed by atoms with E-state index < -0.39 is 0 Å². The van der Waals surface area contributed by atoms with Gasteiger partial charge in [-0.3, -0.25) is 4.79 Å². The molecule has 23 heavy (non-hydrogen) atoms. The number of hydrazone groups is 1. The molecular formula is C19H22N2O2. The van der Waals surface area contributed by atoms with Gasteiger partial charge < -0.3 is 4.74 Å². The van der Waals surface area contributed by atoms with Crippen LogP contribution in [-0.4, -0.2) is 19.2 Å². The maximum absolute atomic E-state index is 12.1. The van der Waals surface area contributed by atoms with E-state index in [-0.39, 0.29) is 5.91 Å². The molecular weight excluding hydrogens is 288 g/mol. The van der Waals surface area contributed by atoms with E-state index in [2.05, 4.69) is 17.2 Å². The molecule has 0 aromatic heterocycles. The predicted molar refractivity (Wildman–Crippen MR) is 94.4 cm³/mol. The first kappa shape index (κ1) is 16.7. The van der Waals surface area contributed by atoms with Crippen molar-refractivity contribution < 1.29 is 9.53 Å². The summed E-state index contributed by atoms with van der Waals surface area (Å²) < 4.78 is 5.20. The Balaban J connectivity index is 2.40. The number of hydrogen-bond acceptors (Lipinski definition) is 3. The van der Waals surface area contributed by atoms with Crippen molar-refractivity contribution in [2.24, 2.45) is 5.10 Å². The zero-order valence-corrected chi connectivity index (χ0v) is 14.3. The van der Waals surface area contributed by atoms with Crippen LogP contribution >= 0.6 is 0 Å². The highest BCUT2D eigenvalue weighted by Crippen LogP contribution is 2.27. The number of aryl methyl sites for hydroxylation is 3.